The summed E-state index contributed by atoms with van der Waals surface area (Å²) in [4.78, 5) is 25.1. The van der Waals surface area contributed by atoms with Crippen LogP contribution in [0.1, 0.15) is 42.6 Å². The summed E-state index contributed by atoms with van der Waals surface area (Å²) in [6.45, 7) is 2.82. The van der Waals surface area contributed by atoms with Gasteiger partial charge in [0.25, 0.3) is 5.91 Å². The van der Waals surface area contributed by atoms with Crippen LogP contribution in [0.15, 0.2) is 18.6 Å². The molecule has 0 bridgehead atoms. The lowest BCUT2D eigenvalue weighted by Gasteiger charge is -2.50. The number of likely N-dealkylation sites (tertiary alicyclic amines) is 2. The number of rotatable bonds is 1. The summed E-state index contributed by atoms with van der Waals surface area (Å²) >= 11 is 0. The Kier molecular flexibility index (Phi) is 3.70. The van der Waals surface area contributed by atoms with Crippen LogP contribution in [0.5, 0.6) is 0 Å². The Morgan fingerprint density at radius 1 is 1.20 bits per heavy atom. The van der Waals surface area contributed by atoms with E-state index in [9.17, 15) is 4.79 Å². The Morgan fingerprint density at radius 3 is 2.80 bits per heavy atom. The Balaban J connectivity index is 1.76. The molecule has 1 aromatic heterocycles. The topological polar surface area (TPSA) is 49.3 Å². The molecule has 0 saturated carbocycles. The van der Waals surface area contributed by atoms with Crippen molar-refractivity contribution in [3.05, 3.63) is 24.3 Å². The number of hydrogen-bond donors (Lipinski definition) is 0. The fourth-order valence-corrected chi connectivity index (χ4v) is 3.60. The van der Waals surface area contributed by atoms with Gasteiger partial charge in [0.05, 0.1) is 6.20 Å². The van der Waals surface area contributed by atoms with Gasteiger partial charge in [0.2, 0.25) is 0 Å². The van der Waals surface area contributed by atoms with E-state index < -0.39 is 0 Å². The number of nitrogens with zero attached hydrogens (tertiary/aromatic N) is 4. The van der Waals surface area contributed by atoms with Crippen LogP contribution < -0.4 is 0 Å². The average Bonchev–Trinajstić information content (AvgIpc) is 2.51. The lowest BCUT2D eigenvalue weighted by atomic mass is 9.80. The molecule has 0 aromatic carbocycles. The zero-order valence-electron chi connectivity index (χ0n) is 12.1. The van der Waals surface area contributed by atoms with E-state index in [1.165, 1.54) is 25.7 Å². The second kappa shape index (κ2) is 5.48. The van der Waals surface area contributed by atoms with Crippen molar-refractivity contribution in [3.8, 4) is 0 Å². The van der Waals surface area contributed by atoms with E-state index in [0.29, 0.717) is 5.69 Å². The normalized spacial score (nSPS) is 27.8. The van der Waals surface area contributed by atoms with Crippen molar-refractivity contribution in [1.29, 1.82) is 0 Å². The van der Waals surface area contributed by atoms with Crippen LogP contribution in [-0.2, 0) is 0 Å². The minimum Gasteiger partial charge on any atom is -0.335 e. The van der Waals surface area contributed by atoms with Crippen molar-refractivity contribution in [2.75, 3.05) is 26.7 Å². The Labute approximate surface area is 120 Å². The highest BCUT2D eigenvalue weighted by molar-refractivity contribution is 5.92. The van der Waals surface area contributed by atoms with E-state index in [2.05, 4.69) is 21.9 Å². The van der Waals surface area contributed by atoms with Crippen LogP contribution in [-0.4, -0.2) is 57.9 Å². The number of aromatic nitrogens is 2. The first kappa shape index (κ1) is 13.5. The molecule has 2 aliphatic heterocycles. The van der Waals surface area contributed by atoms with Gasteiger partial charge in [-0.05, 0) is 39.3 Å². The Bertz CT molecular complexity index is 474. The number of hydrogen-bond acceptors (Lipinski definition) is 4. The molecule has 2 fully saturated rings. The van der Waals surface area contributed by atoms with E-state index in [4.69, 9.17) is 0 Å². The van der Waals surface area contributed by atoms with Gasteiger partial charge in [0.15, 0.2) is 0 Å². The number of likely N-dealkylation sites (N-methyl/N-ethyl adjacent to an activating group) is 1. The highest BCUT2D eigenvalue weighted by Crippen LogP contribution is 2.35. The smallest absolute Gasteiger partial charge is 0.274 e. The maximum Gasteiger partial charge on any atom is 0.274 e. The van der Waals surface area contributed by atoms with Gasteiger partial charge in [-0.15, -0.1) is 0 Å². The van der Waals surface area contributed by atoms with E-state index in [0.717, 1.165) is 26.1 Å². The third kappa shape index (κ3) is 2.42. The first-order valence-electron chi connectivity index (χ1n) is 7.48. The molecule has 3 heterocycles. The van der Waals surface area contributed by atoms with Gasteiger partial charge in [0, 0.05) is 31.0 Å². The molecule has 2 saturated heterocycles. The molecule has 0 N–H and O–H groups in total. The molecule has 1 amide bonds. The minimum atomic E-state index is 0.0242. The Morgan fingerprint density at radius 2 is 2.05 bits per heavy atom. The number of carbonyl (C=O) groups excluding carboxylic acids is 1. The van der Waals surface area contributed by atoms with Crippen LogP contribution in [0.3, 0.4) is 0 Å². The van der Waals surface area contributed by atoms with Gasteiger partial charge < -0.3 is 4.90 Å². The van der Waals surface area contributed by atoms with E-state index in [-0.39, 0.29) is 11.4 Å². The fourth-order valence-electron chi connectivity index (χ4n) is 3.60. The van der Waals surface area contributed by atoms with Crippen molar-refractivity contribution < 1.29 is 4.79 Å². The van der Waals surface area contributed by atoms with Crippen molar-refractivity contribution in [1.82, 2.24) is 19.8 Å². The van der Waals surface area contributed by atoms with Crippen LogP contribution >= 0.6 is 0 Å². The van der Waals surface area contributed by atoms with E-state index in [1.807, 2.05) is 4.90 Å². The summed E-state index contributed by atoms with van der Waals surface area (Å²) in [5, 5.41) is 0. The van der Waals surface area contributed by atoms with Crippen LogP contribution in [0.25, 0.3) is 0 Å². The summed E-state index contributed by atoms with van der Waals surface area (Å²) in [5.41, 5.74) is 0.650. The lowest BCUT2D eigenvalue weighted by molar-refractivity contribution is 0.00277. The third-order valence-electron chi connectivity index (χ3n) is 4.82. The highest BCUT2D eigenvalue weighted by atomic mass is 16.2. The molecule has 5 nitrogen and oxygen atoms in total. The molecule has 0 radical (unpaired) electrons. The zero-order chi connectivity index (χ0) is 14.0. The van der Waals surface area contributed by atoms with Gasteiger partial charge in [-0.1, -0.05) is 6.42 Å². The molecule has 108 valence electrons. The maximum atomic E-state index is 12.5. The van der Waals surface area contributed by atoms with Gasteiger partial charge in [-0.3, -0.25) is 14.7 Å². The first-order chi connectivity index (χ1) is 9.71. The molecule has 3 rings (SSSR count). The van der Waals surface area contributed by atoms with E-state index in [1.54, 1.807) is 18.6 Å². The van der Waals surface area contributed by atoms with E-state index >= 15 is 0 Å². The predicted octanol–water partition coefficient (Wildman–Crippen LogP) is 1.57. The quantitative estimate of drug-likeness (QED) is 0.780. The molecule has 1 atom stereocenters. The molecule has 1 aromatic rings. The summed E-state index contributed by atoms with van der Waals surface area (Å²) in [5.74, 6) is 0.0242. The Hall–Kier alpha value is -1.49. The molecule has 0 aliphatic carbocycles. The van der Waals surface area contributed by atoms with Crippen LogP contribution in [0.2, 0.25) is 0 Å². The fraction of sp³-hybridized carbons (Fsp3) is 0.667. The maximum absolute atomic E-state index is 12.5. The van der Waals surface area contributed by atoms with Crippen molar-refractivity contribution >= 4 is 5.91 Å². The third-order valence-corrected chi connectivity index (χ3v) is 4.82. The average molecular weight is 274 g/mol. The number of piperidine rings is 2. The summed E-state index contributed by atoms with van der Waals surface area (Å²) in [7, 11) is 2.20. The van der Waals surface area contributed by atoms with Crippen LogP contribution in [0, 0.1) is 0 Å². The molecular weight excluding hydrogens is 252 g/mol. The minimum absolute atomic E-state index is 0.0242. The molecule has 5 heteroatoms. The SMILES string of the molecule is CN1CCCC[C@@]12CCCN(C(=O)c1cnccn1)C2. The number of carbonyl (C=O) groups is 1. The van der Waals surface area contributed by atoms with Gasteiger partial charge in [-0.2, -0.15) is 0 Å². The van der Waals surface area contributed by atoms with Crippen molar-refractivity contribution in [2.24, 2.45) is 0 Å². The van der Waals surface area contributed by atoms with Gasteiger partial charge in [-0.25, -0.2) is 4.98 Å². The van der Waals surface area contributed by atoms with Gasteiger partial charge >= 0.3 is 0 Å². The summed E-state index contributed by atoms with van der Waals surface area (Å²) < 4.78 is 0. The first-order valence-corrected chi connectivity index (χ1v) is 7.48. The molecule has 1 spiro atoms. The largest absolute Gasteiger partial charge is 0.335 e. The zero-order valence-corrected chi connectivity index (χ0v) is 12.1. The summed E-state index contributed by atoms with van der Waals surface area (Å²) in [6, 6.07) is 0. The van der Waals surface area contributed by atoms with Crippen molar-refractivity contribution in [2.45, 2.75) is 37.6 Å². The standard InChI is InChI=1S/C15H22N4O/c1-18-9-3-2-5-15(18)6-4-10-19(12-15)14(20)13-11-16-7-8-17-13/h7-8,11H,2-6,9-10,12H2,1H3/t15-/m0/s1. The van der Waals surface area contributed by atoms with Crippen molar-refractivity contribution in [3.63, 3.8) is 0 Å². The predicted molar refractivity (Wildman–Crippen MR) is 76.4 cm³/mol. The van der Waals surface area contributed by atoms with Crippen LogP contribution in [0.4, 0.5) is 0 Å². The monoisotopic (exact) mass is 274 g/mol. The molecular formula is C15H22N4O. The second-order valence-corrected chi connectivity index (χ2v) is 6.02. The van der Waals surface area contributed by atoms with Gasteiger partial charge in [0.1, 0.15) is 5.69 Å². The molecule has 0 unspecified atom stereocenters. The lowest BCUT2D eigenvalue weighted by Crippen LogP contribution is -2.60. The second-order valence-electron chi connectivity index (χ2n) is 6.02. The highest BCUT2D eigenvalue weighted by Gasteiger charge is 2.41. The number of amides is 1. The summed E-state index contributed by atoms with van der Waals surface area (Å²) in [6.07, 6.45) is 10.8. The molecule has 20 heavy (non-hydrogen) atoms. The molecule has 2 aliphatic rings.